The molecule has 2 amide bonds. The highest BCUT2D eigenvalue weighted by molar-refractivity contribution is 6.33. The van der Waals surface area contributed by atoms with Crippen LogP contribution in [0.1, 0.15) is 12.5 Å². The van der Waals surface area contributed by atoms with E-state index in [1.165, 1.54) is 45.4 Å². The Bertz CT molecular complexity index is 1080. The molecule has 1 N–H and O–H groups in total. The van der Waals surface area contributed by atoms with Crippen molar-refractivity contribution in [2.45, 2.75) is 13.0 Å². The summed E-state index contributed by atoms with van der Waals surface area (Å²) in [6.07, 6.45) is -1.09. The van der Waals surface area contributed by atoms with Crippen molar-refractivity contribution in [3.8, 4) is 17.2 Å². The third kappa shape index (κ3) is 3.05. The van der Waals surface area contributed by atoms with Gasteiger partial charge in [0.15, 0.2) is 17.6 Å². The van der Waals surface area contributed by atoms with Crippen molar-refractivity contribution in [1.82, 2.24) is 5.48 Å². The molecule has 0 bridgehead atoms. The molecule has 154 valence electrons. The van der Waals surface area contributed by atoms with Gasteiger partial charge in [-0.1, -0.05) is 6.07 Å². The molecule has 0 aromatic heterocycles. The number of carbonyl (C=O) groups excluding carboxylic acids is 3. The van der Waals surface area contributed by atoms with Crippen LogP contribution >= 0.6 is 0 Å². The second-order valence-corrected chi connectivity index (χ2v) is 6.50. The number of hydrogen-bond acceptors (Lipinski definition) is 8. The molecule has 0 spiro atoms. The molecule has 2 aromatic carbocycles. The molecule has 9 nitrogen and oxygen atoms in total. The first kappa shape index (κ1) is 19.5. The summed E-state index contributed by atoms with van der Waals surface area (Å²) in [4.78, 5) is 43.6. The summed E-state index contributed by atoms with van der Waals surface area (Å²) in [5, 5.41) is 0. The molecule has 0 aliphatic carbocycles. The number of amides is 2. The minimum atomic E-state index is -1.09. The van der Waals surface area contributed by atoms with Gasteiger partial charge in [0.1, 0.15) is 5.75 Å². The average molecular weight is 410 g/mol. The molecular weight excluding hydrogens is 392 g/mol. The van der Waals surface area contributed by atoms with Gasteiger partial charge in [0, 0.05) is 12.5 Å². The highest BCUT2D eigenvalue weighted by Crippen LogP contribution is 2.41. The Morgan fingerprint density at radius 2 is 1.80 bits per heavy atom. The van der Waals surface area contributed by atoms with Crippen LogP contribution in [0, 0.1) is 0 Å². The largest absolute Gasteiger partial charge is 0.493 e. The number of ether oxygens (including phenoxy) is 3. The molecule has 2 heterocycles. The number of carbonyl (C=O) groups is 3. The number of anilines is 1. The van der Waals surface area contributed by atoms with Crippen LogP contribution in [-0.4, -0.2) is 38.1 Å². The average Bonchev–Trinajstić information content (AvgIpc) is 3.28. The maximum atomic E-state index is 13.2. The highest BCUT2D eigenvalue weighted by Gasteiger charge is 2.51. The van der Waals surface area contributed by atoms with E-state index in [1.54, 1.807) is 18.2 Å². The van der Waals surface area contributed by atoms with E-state index in [1.807, 2.05) is 0 Å². The monoisotopic (exact) mass is 410 g/mol. The molecule has 1 atom stereocenters. The smallest absolute Gasteiger partial charge is 0.308 e. The maximum Gasteiger partial charge on any atom is 0.308 e. The second kappa shape index (κ2) is 7.53. The summed E-state index contributed by atoms with van der Waals surface area (Å²) in [5.74, 6) is -0.321. The van der Waals surface area contributed by atoms with Crippen LogP contribution in [0.3, 0.4) is 0 Å². The second-order valence-electron chi connectivity index (χ2n) is 6.50. The van der Waals surface area contributed by atoms with Crippen LogP contribution < -0.4 is 24.6 Å². The Morgan fingerprint density at radius 1 is 1.07 bits per heavy atom. The van der Waals surface area contributed by atoms with Gasteiger partial charge in [-0.25, -0.2) is 4.90 Å². The number of para-hydroxylation sites is 1. The summed E-state index contributed by atoms with van der Waals surface area (Å²) in [7, 11) is 2.99. The van der Waals surface area contributed by atoms with Gasteiger partial charge < -0.3 is 14.2 Å². The lowest BCUT2D eigenvalue weighted by Crippen LogP contribution is -2.34. The number of fused-ring (bicyclic) bond motifs is 1. The maximum absolute atomic E-state index is 13.2. The molecule has 30 heavy (non-hydrogen) atoms. The number of benzene rings is 2. The van der Waals surface area contributed by atoms with E-state index in [-0.39, 0.29) is 5.57 Å². The standard InChI is InChI=1S/C21H18N2O7/c1-11(24)29-13-9-7-12(8-10-13)23-20(25)16-17(22-30-19(16)21(23)26)14-5-4-6-15(27-2)18(14)28-3/h4-10,19,22H,1-3H3/t19-/m0/s1. The number of nitrogens with zero attached hydrogens (tertiary/aromatic N) is 1. The SMILES string of the molecule is COc1cccc(C2=C3C(=O)N(c4ccc(OC(C)=O)cc4)C(=O)[C@H]3ON2)c1OC. The first-order valence-corrected chi connectivity index (χ1v) is 9.00. The quantitative estimate of drug-likeness (QED) is 0.452. The fraction of sp³-hybridized carbons (Fsp3) is 0.190. The summed E-state index contributed by atoms with van der Waals surface area (Å²) in [6.45, 7) is 1.29. The Labute approximate surface area is 171 Å². The number of methoxy groups -OCH3 is 2. The minimum absolute atomic E-state index is 0.176. The van der Waals surface area contributed by atoms with E-state index in [4.69, 9.17) is 19.0 Å². The molecule has 2 aliphatic heterocycles. The first-order valence-electron chi connectivity index (χ1n) is 9.00. The number of esters is 1. The van der Waals surface area contributed by atoms with Crippen LogP contribution in [-0.2, 0) is 19.2 Å². The topological polar surface area (TPSA) is 103 Å². The Balaban J connectivity index is 1.74. The lowest BCUT2D eigenvalue weighted by atomic mass is 10.0. The van der Waals surface area contributed by atoms with Crippen molar-refractivity contribution in [3.63, 3.8) is 0 Å². The van der Waals surface area contributed by atoms with Crippen molar-refractivity contribution in [1.29, 1.82) is 0 Å². The molecule has 9 heteroatoms. The van der Waals surface area contributed by atoms with Gasteiger partial charge in [-0.05, 0) is 36.4 Å². The third-order valence-electron chi connectivity index (χ3n) is 4.72. The highest BCUT2D eigenvalue weighted by atomic mass is 16.7. The van der Waals surface area contributed by atoms with Gasteiger partial charge in [0.25, 0.3) is 11.8 Å². The summed E-state index contributed by atoms with van der Waals surface area (Å²) >= 11 is 0. The molecule has 4 rings (SSSR count). The number of rotatable bonds is 5. The van der Waals surface area contributed by atoms with Gasteiger partial charge in [0.05, 0.1) is 31.2 Å². The van der Waals surface area contributed by atoms with E-state index in [2.05, 4.69) is 5.48 Å². The lowest BCUT2D eigenvalue weighted by molar-refractivity contribution is -0.132. The molecule has 0 saturated carbocycles. The van der Waals surface area contributed by atoms with Crippen molar-refractivity contribution in [2.75, 3.05) is 19.1 Å². The predicted octanol–water partition coefficient (Wildman–Crippen LogP) is 1.82. The molecule has 1 saturated heterocycles. The van der Waals surface area contributed by atoms with Crippen LogP contribution in [0.15, 0.2) is 48.0 Å². The fourth-order valence-electron chi connectivity index (χ4n) is 3.45. The van der Waals surface area contributed by atoms with Gasteiger partial charge in [0.2, 0.25) is 0 Å². The Kier molecular flexibility index (Phi) is 4.88. The molecule has 2 aromatic rings. The summed E-state index contributed by atoms with van der Waals surface area (Å²) < 4.78 is 15.7. The Morgan fingerprint density at radius 3 is 2.43 bits per heavy atom. The van der Waals surface area contributed by atoms with Crippen molar-refractivity contribution < 1.29 is 33.4 Å². The predicted molar refractivity (Wildman–Crippen MR) is 105 cm³/mol. The molecule has 0 radical (unpaired) electrons. The first-order chi connectivity index (χ1) is 14.5. The molecule has 2 aliphatic rings. The van der Waals surface area contributed by atoms with Crippen molar-refractivity contribution in [2.24, 2.45) is 0 Å². The molecule has 0 unspecified atom stereocenters. The van der Waals surface area contributed by atoms with Crippen LogP contribution in [0.25, 0.3) is 5.70 Å². The number of nitrogens with one attached hydrogen (secondary N) is 1. The van der Waals surface area contributed by atoms with E-state index in [9.17, 15) is 14.4 Å². The van der Waals surface area contributed by atoms with Crippen LogP contribution in [0.4, 0.5) is 5.69 Å². The van der Waals surface area contributed by atoms with Crippen LogP contribution in [0.2, 0.25) is 0 Å². The van der Waals surface area contributed by atoms with Gasteiger partial charge in [-0.3, -0.25) is 24.7 Å². The molecular formula is C21H18N2O7. The minimum Gasteiger partial charge on any atom is -0.493 e. The van der Waals surface area contributed by atoms with E-state index >= 15 is 0 Å². The van der Waals surface area contributed by atoms with Crippen molar-refractivity contribution in [3.05, 3.63) is 53.6 Å². The summed E-state index contributed by atoms with van der Waals surface area (Å²) in [6, 6.07) is 11.3. The third-order valence-corrected chi connectivity index (χ3v) is 4.72. The van der Waals surface area contributed by atoms with Gasteiger partial charge >= 0.3 is 5.97 Å². The normalized spacial score (nSPS) is 17.7. The fourth-order valence-corrected chi connectivity index (χ4v) is 3.45. The van der Waals surface area contributed by atoms with E-state index < -0.39 is 23.9 Å². The number of hydroxylamine groups is 1. The number of hydrogen-bond donors (Lipinski definition) is 1. The Hall–Kier alpha value is -3.85. The van der Waals surface area contributed by atoms with Crippen molar-refractivity contribution >= 4 is 29.2 Å². The molecule has 1 fully saturated rings. The van der Waals surface area contributed by atoms with Gasteiger partial charge in [-0.15, -0.1) is 0 Å². The zero-order chi connectivity index (χ0) is 21.4. The van der Waals surface area contributed by atoms with E-state index in [0.29, 0.717) is 34.2 Å². The zero-order valence-electron chi connectivity index (χ0n) is 16.4. The van der Waals surface area contributed by atoms with Crippen LogP contribution in [0.5, 0.6) is 17.2 Å². The lowest BCUT2D eigenvalue weighted by Gasteiger charge is -2.17. The number of imide groups is 1. The zero-order valence-corrected chi connectivity index (χ0v) is 16.4. The summed E-state index contributed by atoms with van der Waals surface area (Å²) in [5.41, 5.74) is 4.07. The van der Waals surface area contributed by atoms with E-state index in [0.717, 1.165) is 4.90 Å². The van der Waals surface area contributed by atoms with Gasteiger partial charge in [-0.2, -0.15) is 0 Å².